The third kappa shape index (κ3) is 4.17. The second-order valence-corrected chi connectivity index (χ2v) is 8.73. The minimum Gasteiger partial charge on any atom is -0.496 e. The molecule has 1 atom stereocenters. The average Bonchev–Trinajstić information content (AvgIpc) is 3.13. The molecule has 4 rings (SSSR count). The summed E-state index contributed by atoms with van der Waals surface area (Å²) in [6, 6.07) is 12.3. The van der Waals surface area contributed by atoms with E-state index in [1.54, 1.807) is 31.8 Å². The number of para-hydroxylation sites is 1. The van der Waals surface area contributed by atoms with Gasteiger partial charge in [-0.2, -0.15) is 0 Å². The van der Waals surface area contributed by atoms with Crippen LogP contribution in [-0.4, -0.2) is 31.2 Å². The first-order chi connectivity index (χ1) is 16.4. The number of ether oxygens (including phenoxy) is 3. The Morgan fingerprint density at radius 2 is 1.85 bits per heavy atom. The summed E-state index contributed by atoms with van der Waals surface area (Å²) in [5.41, 5.74) is 2.38. The molecule has 0 amide bonds. The van der Waals surface area contributed by atoms with Crippen LogP contribution in [0.1, 0.15) is 37.9 Å². The van der Waals surface area contributed by atoms with Crippen molar-refractivity contribution >= 4 is 23.2 Å². The Hall–Kier alpha value is -3.65. The number of Topliss-reactive ketones (excluding diaryl/α,β-unsaturated/α-hetero) is 1. The maximum absolute atomic E-state index is 13.7. The van der Waals surface area contributed by atoms with Crippen LogP contribution in [-0.2, 0) is 4.79 Å². The Kier molecular flexibility index (Phi) is 6.70. The summed E-state index contributed by atoms with van der Waals surface area (Å²) in [4.78, 5) is 31.5. The largest absolute Gasteiger partial charge is 0.496 e. The first-order valence-electron chi connectivity index (χ1n) is 10.9. The van der Waals surface area contributed by atoms with Gasteiger partial charge in [0, 0.05) is 16.8 Å². The summed E-state index contributed by atoms with van der Waals surface area (Å²) in [7, 11) is 3.15. The fraction of sp³-hybridized carbons (Fsp3) is 0.269. The van der Waals surface area contributed by atoms with Crippen molar-refractivity contribution in [2.24, 2.45) is 4.99 Å². The monoisotopic (exact) mass is 478 g/mol. The van der Waals surface area contributed by atoms with E-state index in [1.807, 2.05) is 49.4 Å². The molecule has 7 nitrogen and oxygen atoms in total. The molecular formula is C26H26N2O5S. The van der Waals surface area contributed by atoms with E-state index in [9.17, 15) is 9.59 Å². The van der Waals surface area contributed by atoms with Crippen molar-refractivity contribution in [2.75, 3.05) is 20.8 Å². The average molecular weight is 479 g/mol. The Bertz CT molecular complexity index is 1470. The number of carbonyl (C=O) groups excluding carboxylic acids is 1. The molecule has 1 aliphatic rings. The summed E-state index contributed by atoms with van der Waals surface area (Å²) < 4.78 is 18.7. The molecule has 0 spiro atoms. The summed E-state index contributed by atoms with van der Waals surface area (Å²) in [5.74, 6) is 1.70. The van der Waals surface area contributed by atoms with Gasteiger partial charge in [-0.1, -0.05) is 35.6 Å². The molecule has 0 N–H and O–H groups in total. The second kappa shape index (κ2) is 9.69. The SMILES string of the molecule is CCOc1ccc(C=c2sc3n(c2=O)[C@@H](c2ccccc2OC)C(C(C)=O)=C(C)N=3)cc1OC. The van der Waals surface area contributed by atoms with Crippen LogP contribution in [0.5, 0.6) is 17.2 Å². The van der Waals surface area contributed by atoms with E-state index in [0.717, 1.165) is 11.1 Å². The van der Waals surface area contributed by atoms with Crippen LogP contribution in [0, 0.1) is 0 Å². The van der Waals surface area contributed by atoms with Gasteiger partial charge in [0.2, 0.25) is 0 Å². The lowest BCUT2D eigenvalue weighted by molar-refractivity contribution is -0.114. The molecule has 0 bridgehead atoms. The van der Waals surface area contributed by atoms with Crippen LogP contribution >= 0.6 is 11.3 Å². The van der Waals surface area contributed by atoms with Crippen LogP contribution in [0.2, 0.25) is 0 Å². The molecule has 0 saturated heterocycles. The van der Waals surface area contributed by atoms with Crippen LogP contribution in [0.15, 0.2) is 63.5 Å². The molecule has 0 radical (unpaired) electrons. The molecule has 0 saturated carbocycles. The van der Waals surface area contributed by atoms with Gasteiger partial charge in [-0.25, -0.2) is 4.99 Å². The fourth-order valence-corrected chi connectivity index (χ4v) is 5.20. The van der Waals surface area contributed by atoms with E-state index in [-0.39, 0.29) is 11.3 Å². The number of fused-ring (bicyclic) bond motifs is 1. The van der Waals surface area contributed by atoms with Crippen molar-refractivity contribution in [2.45, 2.75) is 26.8 Å². The number of benzene rings is 2. The smallest absolute Gasteiger partial charge is 0.271 e. The first-order valence-corrected chi connectivity index (χ1v) is 11.7. The van der Waals surface area contributed by atoms with Gasteiger partial charge in [-0.15, -0.1) is 0 Å². The van der Waals surface area contributed by atoms with E-state index in [1.165, 1.54) is 18.3 Å². The topological polar surface area (TPSA) is 79.1 Å². The van der Waals surface area contributed by atoms with Crippen molar-refractivity contribution in [3.63, 3.8) is 0 Å². The van der Waals surface area contributed by atoms with Gasteiger partial charge in [0.05, 0.1) is 31.4 Å². The number of hydrogen-bond donors (Lipinski definition) is 0. The van der Waals surface area contributed by atoms with E-state index >= 15 is 0 Å². The Labute approximate surface area is 201 Å². The summed E-state index contributed by atoms with van der Waals surface area (Å²) in [6.07, 6.45) is 1.80. The molecule has 0 unspecified atom stereocenters. The number of methoxy groups -OCH3 is 2. The summed E-state index contributed by atoms with van der Waals surface area (Å²) in [5, 5.41) is 0. The van der Waals surface area contributed by atoms with E-state index in [0.29, 0.717) is 44.5 Å². The molecule has 1 aromatic heterocycles. The quantitative estimate of drug-likeness (QED) is 0.521. The van der Waals surface area contributed by atoms with Gasteiger partial charge in [0.1, 0.15) is 5.75 Å². The second-order valence-electron chi connectivity index (χ2n) is 7.72. The highest BCUT2D eigenvalue weighted by atomic mass is 32.1. The minimum absolute atomic E-state index is 0.136. The van der Waals surface area contributed by atoms with Gasteiger partial charge in [0.25, 0.3) is 5.56 Å². The lowest BCUT2D eigenvalue weighted by Crippen LogP contribution is -2.39. The summed E-state index contributed by atoms with van der Waals surface area (Å²) in [6.45, 7) is 5.73. The molecule has 2 heterocycles. The lowest BCUT2D eigenvalue weighted by Gasteiger charge is -2.25. The molecule has 1 aliphatic heterocycles. The molecule has 34 heavy (non-hydrogen) atoms. The molecule has 2 aromatic carbocycles. The van der Waals surface area contributed by atoms with Crippen LogP contribution < -0.4 is 29.1 Å². The van der Waals surface area contributed by atoms with Crippen molar-refractivity contribution in [1.29, 1.82) is 0 Å². The van der Waals surface area contributed by atoms with Crippen LogP contribution in [0.25, 0.3) is 6.08 Å². The zero-order valence-electron chi connectivity index (χ0n) is 19.7. The highest BCUT2D eigenvalue weighted by Crippen LogP contribution is 2.35. The number of nitrogens with zero attached hydrogens (tertiary/aromatic N) is 2. The Balaban J connectivity index is 1.93. The highest BCUT2D eigenvalue weighted by Gasteiger charge is 2.32. The van der Waals surface area contributed by atoms with E-state index < -0.39 is 6.04 Å². The third-order valence-electron chi connectivity index (χ3n) is 5.62. The predicted octanol–water partition coefficient (Wildman–Crippen LogP) is 3.24. The number of thiazole rings is 1. The van der Waals surface area contributed by atoms with Crippen molar-refractivity contribution in [3.8, 4) is 17.2 Å². The number of carbonyl (C=O) groups is 1. The minimum atomic E-state index is -0.623. The first kappa shape index (κ1) is 23.5. The highest BCUT2D eigenvalue weighted by molar-refractivity contribution is 7.07. The standard InChI is InChI=1S/C26H26N2O5S/c1-6-33-20-12-11-17(13-21(20)32-5)14-22-25(30)28-24(18-9-7-8-10-19(18)31-4)23(16(3)29)15(2)27-26(28)34-22/h7-14,24H,6H2,1-5H3/t24-/m0/s1. The van der Waals surface area contributed by atoms with Gasteiger partial charge in [-0.05, 0) is 50.6 Å². The summed E-state index contributed by atoms with van der Waals surface area (Å²) >= 11 is 1.28. The Morgan fingerprint density at radius 1 is 1.12 bits per heavy atom. The zero-order chi connectivity index (χ0) is 24.4. The van der Waals surface area contributed by atoms with E-state index in [4.69, 9.17) is 14.2 Å². The van der Waals surface area contributed by atoms with Crippen LogP contribution in [0.3, 0.4) is 0 Å². The van der Waals surface area contributed by atoms with Gasteiger partial charge < -0.3 is 14.2 Å². The van der Waals surface area contributed by atoms with Gasteiger partial charge in [0.15, 0.2) is 22.1 Å². The fourth-order valence-electron chi connectivity index (χ4n) is 4.16. The lowest BCUT2D eigenvalue weighted by atomic mass is 9.93. The van der Waals surface area contributed by atoms with Crippen molar-refractivity contribution < 1.29 is 19.0 Å². The Morgan fingerprint density at radius 3 is 2.53 bits per heavy atom. The number of rotatable bonds is 7. The third-order valence-corrected chi connectivity index (χ3v) is 6.60. The van der Waals surface area contributed by atoms with E-state index in [2.05, 4.69) is 4.99 Å². The van der Waals surface area contributed by atoms with Gasteiger partial charge >= 0.3 is 0 Å². The molecule has 8 heteroatoms. The number of hydrogen-bond acceptors (Lipinski definition) is 7. The molecule has 0 fully saturated rings. The normalized spacial score (nSPS) is 15.6. The predicted molar refractivity (Wildman–Crippen MR) is 132 cm³/mol. The van der Waals surface area contributed by atoms with Crippen molar-refractivity contribution in [3.05, 3.63) is 84.5 Å². The molecular weight excluding hydrogens is 452 g/mol. The van der Waals surface area contributed by atoms with Gasteiger partial charge in [-0.3, -0.25) is 14.2 Å². The maximum Gasteiger partial charge on any atom is 0.271 e. The van der Waals surface area contributed by atoms with Crippen molar-refractivity contribution in [1.82, 2.24) is 4.57 Å². The zero-order valence-corrected chi connectivity index (χ0v) is 20.6. The number of ketones is 1. The molecule has 176 valence electrons. The molecule has 3 aromatic rings. The molecule has 0 aliphatic carbocycles. The number of aromatic nitrogens is 1. The van der Waals surface area contributed by atoms with Crippen LogP contribution in [0.4, 0.5) is 0 Å². The number of allylic oxidation sites excluding steroid dienone is 2. The maximum atomic E-state index is 13.7.